The Morgan fingerprint density at radius 3 is 2.17 bits per heavy atom. The van der Waals surface area contributed by atoms with Crippen molar-refractivity contribution in [1.29, 1.82) is 0 Å². The average molecular weight is 1130 g/mol. The van der Waals surface area contributed by atoms with Crippen molar-refractivity contribution in [3.05, 3.63) is 129 Å². The fraction of sp³-hybridized carbons (Fsp3) is 0.448. The lowest BCUT2D eigenvalue weighted by atomic mass is 9.93. The fourth-order valence-corrected chi connectivity index (χ4v) is 15.4. The van der Waals surface area contributed by atoms with E-state index in [2.05, 4.69) is 88.3 Å². The van der Waals surface area contributed by atoms with Crippen LogP contribution >= 0.6 is 23.2 Å². The summed E-state index contributed by atoms with van der Waals surface area (Å²) in [6, 6.07) is 23.9. The molecule has 78 heavy (non-hydrogen) atoms. The van der Waals surface area contributed by atoms with E-state index in [1.807, 2.05) is 35.0 Å². The molecule has 2 unspecified atom stereocenters. The van der Waals surface area contributed by atoms with E-state index in [4.69, 9.17) is 52.6 Å². The molecule has 0 bridgehead atoms. The summed E-state index contributed by atoms with van der Waals surface area (Å²) < 4.78 is 63.9. The van der Waals surface area contributed by atoms with Gasteiger partial charge in [0, 0.05) is 95.9 Å². The molecule has 410 valence electrons. The second-order valence-electron chi connectivity index (χ2n) is 22.0. The van der Waals surface area contributed by atoms with Crippen molar-refractivity contribution in [3.8, 4) is 12.0 Å². The Morgan fingerprint density at radius 1 is 0.744 bits per heavy atom. The fourth-order valence-electron chi connectivity index (χ4n) is 13.2. The molecule has 0 radical (unpaired) electrons. The predicted octanol–water partition coefficient (Wildman–Crippen LogP) is 8.97. The first-order valence-electron chi connectivity index (χ1n) is 27.2. The number of likely N-dealkylation sites (N-methyl/N-ethyl adjacent to an activating group) is 1. The van der Waals surface area contributed by atoms with E-state index >= 15 is 0 Å². The van der Waals surface area contributed by atoms with E-state index in [1.54, 1.807) is 0 Å². The minimum Gasteiger partial charge on any atom is -0.462 e. The monoisotopic (exact) mass is 1130 g/mol. The molecule has 12 rings (SSSR count). The van der Waals surface area contributed by atoms with Crippen LogP contribution in [0.5, 0.6) is 12.0 Å². The van der Waals surface area contributed by atoms with Crippen molar-refractivity contribution in [2.45, 2.75) is 87.3 Å². The SMILES string of the molecule is C=CS(=O)(=O)CCN(C)c1nc(OCC23CCCN2C(c2ccc(Cl)c4c(N5CCc6c(nc(OC[C@@H]7CCCN7C)nc6N6CC(S(=O)(=O)C=C)C6)C5)cccc24)CC3)nc2c1CCN(c1cccc3cccc(Cl)c13)C2. The topological polar surface area (TPSA) is 158 Å². The van der Waals surface area contributed by atoms with E-state index < -0.39 is 24.9 Å². The molecule has 0 N–H and O–H groups in total. The van der Waals surface area contributed by atoms with Crippen LogP contribution in [-0.4, -0.2) is 142 Å². The van der Waals surface area contributed by atoms with Gasteiger partial charge in [-0.1, -0.05) is 78.8 Å². The van der Waals surface area contributed by atoms with Crippen LogP contribution in [0.4, 0.5) is 23.0 Å². The van der Waals surface area contributed by atoms with Gasteiger partial charge in [0.15, 0.2) is 19.7 Å². The summed E-state index contributed by atoms with van der Waals surface area (Å²) in [5.74, 6) is 1.34. The summed E-state index contributed by atoms with van der Waals surface area (Å²) in [5.41, 5.74) is 6.76. The maximum atomic E-state index is 12.7. The number of halogens is 2. The quantitative estimate of drug-likeness (QED) is 0.0852. The summed E-state index contributed by atoms with van der Waals surface area (Å²) in [6.07, 6.45) is 7.35. The van der Waals surface area contributed by atoms with Crippen LogP contribution in [0.2, 0.25) is 10.0 Å². The number of sulfone groups is 2. The van der Waals surface area contributed by atoms with Gasteiger partial charge in [0.05, 0.1) is 45.8 Å². The van der Waals surface area contributed by atoms with E-state index in [0.717, 1.165) is 124 Å². The number of hydrogen-bond donors (Lipinski definition) is 0. The van der Waals surface area contributed by atoms with E-state index in [-0.39, 0.29) is 35.9 Å². The van der Waals surface area contributed by atoms with Crippen molar-refractivity contribution in [2.75, 3.05) is 98.5 Å². The molecule has 8 heterocycles. The lowest BCUT2D eigenvalue weighted by Gasteiger charge is -2.41. The van der Waals surface area contributed by atoms with Gasteiger partial charge in [0.2, 0.25) is 0 Å². The standard InChI is InChI=1S/C58H66Cl2N10O6S2/c1-5-77(71,72)31-30-66(4)54-43-22-28-67(50-17-8-13-38-12-7-16-45(59)52(38)50)34-47(43)62-57(63-54)76-37-58-24-11-27-70(58)49(21-25-58)41-19-20-46(60)53-42(41)15-9-18-51(53)68-29-23-44-48(35-68)61-56(75-36-39-14-10-26-65(39)3)64-55(44)69-32-40(33-69)78(73,74)6-2/h5-9,12-13,15-20,39-40,49H,1-2,10-11,14,21-37H2,3-4H3/t39-,49?,58?/m0/s1. The number of aromatic nitrogens is 4. The highest BCUT2D eigenvalue weighted by Crippen LogP contribution is 2.51. The molecule has 4 saturated heterocycles. The molecule has 0 amide bonds. The van der Waals surface area contributed by atoms with Crippen LogP contribution in [0.25, 0.3) is 21.5 Å². The number of likely N-dealkylation sites (tertiary alicyclic amines) is 1. The van der Waals surface area contributed by atoms with Crippen molar-refractivity contribution in [3.63, 3.8) is 0 Å². The van der Waals surface area contributed by atoms with E-state index in [9.17, 15) is 16.8 Å². The maximum absolute atomic E-state index is 12.7. The van der Waals surface area contributed by atoms with Crippen molar-refractivity contribution in [2.24, 2.45) is 0 Å². The normalized spacial score (nSPS) is 21.9. The lowest BCUT2D eigenvalue weighted by molar-refractivity contribution is 0.0845. The smallest absolute Gasteiger partial charge is 0.318 e. The molecule has 2 aromatic heterocycles. The van der Waals surface area contributed by atoms with Gasteiger partial charge >= 0.3 is 12.0 Å². The van der Waals surface area contributed by atoms with Crippen molar-refractivity contribution < 1.29 is 26.3 Å². The summed E-state index contributed by atoms with van der Waals surface area (Å²) in [5, 5.41) is 7.11. The first-order valence-corrected chi connectivity index (χ1v) is 31.3. The summed E-state index contributed by atoms with van der Waals surface area (Å²) in [4.78, 5) is 33.8. The molecular formula is C58H66Cl2N10O6S2. The summed E-state index contributed by atoms with van der Waals surface area (Å²) in [7, 11) is -2.86. The third-order valence-corrected chi connectivity index (χ3v) is 21.1. The van der Waals surface area contributed by atoms with Gasteiger partial charge in [-0.2, -0.15) is 19.9 Å². The Morgan fingerprint density at radius 2 is 1.44 bits per heavy atom. The largest absolute Gasteiger partial charge is 0.462 e. The van der Waals surface area contributed by atoms with Crippen molar-refractivity contribution >= 4 is 87.4 Å². The molecule has 0 saturated carbocycles. The molecular weight excluding hydrogens is 1070 g/mol. The molecule has 6 aromatic rings. The van der Waals surface area contributed by atoms with Gasteiger partial charge in [-0.15, -0.1) is 0 Å². The van der Waals surface area contributed by atoms with Crippen LogP contribution in [-0.2, 0) is 45.6 Å². The van der Waals surface area contributed by atoms with Gasteiger partial charge in [-0.25, -0.2) is 16.8 Å². The van der Waals surface area contributed by atoms with Crippen LogP contribution in [0, 0.1) is 0 Å². The second-order valence-corrected chi connectivity index (χ2v) is 27.1. The molecule has 20 heteroatoms. The molecule has 6 aliphatic rings. The van der Waals surface area contributed by atoms with Gasteiger partial charge in [0.1, 0.15) is 30.1 Å². The number of rotatable bonds is 17. The Bertz CT molecular complexity index is 3580. The number of benzene rings is 4. The van der Waals surface area contributed by atoms with Crippen LogP contribution in [0.15, 0.2) is 90.7 Å². The van der Waals surface area contributed by atoms with Gasteiger partial charge in [-0.05, 0) is 112 Å². The molecule has 4 fully saturated rings. The third-order valence-electron chi connectivity index (χ3n) is 17.5. The molecule has 4 aromatic carbocycles. The van der Waals surface area contributed by atoms with Gasteiger partial charge in [-0.3, -0.25) is 4.90 Å². The number of fused-ring (bicyclic) bond motifs is 5. The highest BCUT2D eigenvalue weighted by atomic mass is 35.5. The number of ether oxygens (including phenoxy) is 2. The number of hydrogen-bond acceptors (Lipinski definition) is 16. The Kier molecular flexibility index (Phi) is 14.3. The highest BCUT2D eigenvalue weighted by Gasteiger charge is 2.51. The zero-order valence-electron chi connectivity index (χ0n) is 44.3. The zero-order valence-corrected chi connectivity index (χ0v) is 47.4. The Balaban J connectivity index is 0.813. The summed E-state index contributed by atoms with van der Waals surface area (Å²) in [6.45, 7) is 13.2. The second kappa shape index (κ2) is 21.0. The number of nitrogens with zero attached hydrogens (tertiary/aromatic N) is 10. The van der Waals surface area contributed by atoms with E-state index in [1.165, 1.54) is 5.56 Å². The minimum absolute atomic E-state index is 0.0903. The van der Waals surface area contributed by atoms with Crippen molar-refractivity contribution in [1.82, 2.24) is 29.7 Å². The third kappa shape index (κ3) is 9.81. The first kappa shape index (κ1) is 52.9. The van der Waals surface area contributed by atoms with Gasteiger partial charge in [0.25, 0.3) is 0 Å². The number of anilines is 4. The van der Waals surface area contributed by atoms with Crippen LogP contribution < -0.4 is 29.1 Å². The van der Waals surface area contributed by atoms with Crippen LogP contribution in [0.3, 0.4) is 0 Å². The maximum Gasteiger partial charge on any atom is 0.318 e. The molecule has 3 atom stereocenters. The Labute approximate surface area is 467 Å². The minimum atomic E-state index is -3.45. The Hall–Kier alpha value is -5.76. The lowest BCUT2D eigenvalue weighted by Crippen LogP contribution is -2.55. The first-order chi connectivity index (χ1) is 37.6. The zero-order chi connectivity index (χ0) is 54.1. The highest BCUT2D eigenvalue weighted by molar-refractivity contribution is 7.95. The van der Waals surface area contributed by atoms with E-state index in [0.29, 0.717) is 87.2 Å². The summed E-state index contributed by atoms with van der Waals surface area (Å²) >= 11 is 14.1. The average Bonchev–Trinajstić information content (AvgIpc) is 4.23. The molecule has 0 aliphatic carbocycles. The van der Waals surface area contributed by atoms with Crippen LogP contribution in [0.1, 0.15) is 72.6 Å². The molecule has 6 aliphatic heterocycles. The molecule has 16 nitrogen and oxygen atoms in total. The molecule has 0 spiro atoms. The van der Waals surface area contributed by atoms with Gasteiger partial charge < -0.3 is 34.0 Å². The predicted molar refractivity (Wildman–Crippen MR) is 311 cm³/mol.